The molecule has 22 heavy (non-hydrogen) atoms. The molecule has 0 aliphatic carbocycles. The average Bonchev–Trinajstić information content (AvgIpc) is 2.90. The van der Waals surface area contributed by atoms with Gasteiger partial charge in [0.1, 0.15) is 5.60 Å². The monoisotopic (exact) mass is 314 g/mol. The van der Waals surface area contributed by atoms with E-state index in [0.29, 0.717) is 19.1 Å². The summed E-state index contributed by atoms with van der Waals surface area (Å²) in [4.78, 5) is 13.8. The second-order valence-electron chi connectivity index (χ2n) is 7.31. The van der Waals surface area contributed by atoms with Crippen LogP contribution in [0.3, 0.4) is 0 Å². The van der Waals surface area contributed by atoms with Crippen molar-refractivity contribution in [2.75, 3.05) is 26.3 Å². The Balaban J connectivity index is 1.67. The molecule has 2 saturated heterocycles. The average molecular weight is 314 g/mol. The summed E-state index contributed by atoms with van der Waals surface area (Å²) in [6.07, 6.45) is 3.36. The number of carbonyl (C=O) groups excluding carboxylic acids is 1. The fourth-order valence-corrected chi connectivity index (χ4v) is 2.99. The van der Waals surface area contributed by atoms with Crippen LogP contribution in [0.2, 0.25) is 0 Å². The smallest absolute Gasteiger partial charge is 0.410 e. The number of piperidine rings is 1. The molecule has 0 aromatic carbocycles. The molecule has 6 nitrogen and oxygen atoms in total. The summed E-state index contributed by atoms with van der Waals surface area (Å²) in [5.41, 5.74) is 5.76. The van der Waals surface area contributed by atoms with E-state index in [-0.39, 0.29) is 18.4 Å². The Kier molecular flexibility index (Phi) is 6.06. The van der Waals surface area contributed by atoms with Gasteiger partial charge >= 0.3 is 6.09 Å². The standard InChI is InChI=1S/C16H30N2O4/c1-16(2,3)22-15(19)18-6-4-12(5-7-18)10-13(17)11-14-20-8-9-21-14/h12-14H,4-11,17H2,1-3H3. The molecule has 2 aliphatic heterocycles. The zero-order valence-electron chi connectivity index (χ0n) is 14.0. The Labute approximate surface area is 133 Å². The number of amides is 1. The van der Waals surface area contributed by atoms with Crippen LogP contribution < -0.4 is 5.73 Å². The molecule has 1 atom stereocenters. The van der Waals surface area contributed by atoms with Gasteiger partial charge in [-0.1, -0.05) is 0 Å². The highest BCUT2D eigenvalue weighted by molar-refractivity contribution is 5.68. The normalized spacial score (nSPS) is 22.8. The van der Waals surface area contributed by atoms with Crippen LogP contribution in [0.4, 0.5) is 4.79 Å². The van der Waals surface area contributed by atoms with Crippen LogP contribution in [-0.4, -0.2) is 55.2 Å². The molecule has 1 unspecified atom stereocenters. The molecule has 0 radical (unpaired) electrons. The van der Waals surface area contributed by atoms with E-state index in [1.165, 1.54) is 0 Å². The van der Waals surface area contributed by atoms with Crippen molar-refractivity contribution in [3.8, 4) is 0 Å². The van der Waals surface area contributed by atoms with Gasteiger partial charge in [0.2, 0.25) is 0 Å². The molecule has 128 valence electrons. The highest BCUT2D eigenvalue weighted by Gasteiger charge is 2.28. The van der Waals surface area contributed by atoms with Crippen LogP contribution in [-0.2, 0) is 14.2 Å². The minimum atomic E-state index is -0.433. The summed E-state index contributed by atoms with van der Waals surface area (Å²) in [7, 11) is 0. The third-order valence-corrected chi connectivity index (χ3v) is 4.09. The Bertz CT molecular complexity index is 356. The van der Waals surface area contributed by atoms with Crippen molar-refractivity contribution < 1.29 is 19.0 Å². The molecule has 2 aliphatic rings. The molecule has 0 saturated carbocycles. The van der Waals surface area contributed by atoms with Crippen molar-refractivity contribution in [3.63, 3.8) is 0 Å². The lowest BCUT2D eigenvalue weighted by Gasteiger charge is -2.34. The van der Waals surface area contributed by atoms with Gasteiger partial charge in [-0.3, -0.25) is 0 Å². The van der Waals surface area contributed by atoms with Gasteiger partial charge in [-0.2, -0.15) is 0 Å². The van der Waals surface area contributed by atoms with E-state index in [0.717, 1.165) is 38.8 Å². The van der Waals surface area contributed by atoms with E-state index in [4.69, 9.17) is 19.9 Å². The Hall–Kier alpha value is -0.850. The van der Waals surface area contributed by atoms with E-state index < -0.39 is 5.60 Å². The first kappa shape index (κ1) is 17.5. The lowest BCUT2D eigenvalue weighted by Crippen LogP contribution is -2.42. The van der Waals surface area contributed by atoms with Gasteiger partial charge in [0.05, 0.1) is 13.2 Å². The van der Waals surface area contributed by atoms with Gasteiger partial charge in [-0.25, -0.2) is 4.79 Å². The summed E-state index contributed by atoms with van der Waals surface area (Å²) < 4.78 is 16.3. The van der Waals surface area contributed by atoms with E-state index in [2.05, 4.69) is 0 Å². The molecule has 2 heterocycles. The van der Waals surface area contributed by atoms with Gasteiger partial charge < -0.3 is 24.8 Å². The van der Waals surface area contributed by atoms with Gasteiger partial charge in [0.25, 0.3) is 0 Å². The first-order valence-corrected chi connectivity index (χ1v) is 8.30. The molecule has 2 fully saturated rings. The molecule has 1 amide bonds. The second kappa shape index (κ2) is 7.62. The van der Waals surface area contributed by atoms with Crippen LogP contribution in [0.25, 0.3) is 0 Å². The van der Waals surface area contributed by atoms with Crippen molar-refractivity contribution in [1.82, 2.24) is 4.90 Å². The molecule has 0 aromatic heterocycles. The van der Waals surface area contributed by atoms with E-state index >= 15 is 0 Å². The largest absolute Gasteiger partial charge is 0.444 e. The van der Waals surface area contributed by atoms with E-state index in [9.17, 15) is 4.79 Å². The first-order valence-electron chi connectivity index (χ1n) is 8.30. The van der Waals surface area contributed by atoms with Crippen LogP contribution in [0.15, 0.2) is 0 Å². The molecule has 2 N–H and O–H groups in total. The number of nitrogens with two attached hydrogens (primary N) is 1. The molecule has 2 rings (SSSR count). The first-order chi connectivity index (χ1) is 10.3. The fraction of sp³-hybridized carbons (Fsp3) is 0.938. The van der Waals surface area contributed by atoms with E-state index in [1.54, 1.807) is 4.90 Å². The second-order valence-corrected chi connectivity index (χ2v) is 7.31. The molecule has 6 heteroatoms. The summed E-state index contributed by atoms with van der Waals surface area (Å²) in [6.45, 7) is 8.53. The van der Waals surface area contributed by atoms with Crippen molar-refractivity contribution in [2.24, 2.45) is 11.7 Å². The van der Waals surface area contributed by atoms with Gasteiger partial charge in [0, 0.05) is 25.6 Å². The number of hydrogen-bond donors (Lipinski definition) is 1. The third-order valence-electron chi connectivity index (χ3n) is 4.09. The van der Waals surface area contributed by atoms with Gasteiger partial charge in [-0.05, 0) is 46.0 Å². The molecular weight excluding hydrogens is 284 g/mol. The molecule has 0 spiro atoms. The van der Waals surface area contributed by atoms with Crippen molar-refractivity contribution >= 4 is 6.09 Å². The minimum Gasteiger partial charge on any atom is -0.444 e. The zero-order valence-corrected chi connectivity index (χ0v) is 14.0. The SMILES string of the molecule is CC(C)(C)OC(=O)N1CCC(CC(N)CC2OCCO2)CC1. The Morgan fingerprint density at radius 1 is 1.23 bits per heavy atom. The van der Waals surface area contributed by atoms with Crippen LogP contribution in [0.5, 0.6) is 0 Å². The number of rotatable bonds is 4. The van der Waals surface area contributed by atoms with Crippen LogP contribution in [0, 0.1) is 5.92 Å². The van der Waals surface area contributed by atoms with Crippen molar-refractivity contribution in [1.29, 1.82) is 0 Å². The molecule has 0 bridgehead atoms. The number of likely N-dealkylation sites (tertiary alicyclic amines) is 1. The van der Waals surface area contributed by atoms with Crippen LogP contribution >= 0.6 is 0 Å². The number of ether oxygens (including phenoxy) is 3. The Morgan fingerprint density at radius 2 is 1.82 bits per heavy atom. The summed E-state index contributed by atoms with van der Waals surface area (Å²) in [5, 5.41) is 0. The van der Waals surface area contributed by atoms with Crippen molar-refractivity contribution in [2.45, 2.75) is 64.4 Å². The highest BCUT2D eigenvalue weighted by atomic mass is 16.7. The maximum absolute atomic E-state index is 12.0. The lowest BCUT2D eigenvalue weighted by molar-refractivity contribution is -0.0520. The van der Waals surface area contributed by atoms with E-state index in [1.807, 2.05) is 20.8 Å². The summed E-state index contributed by atoms with van der Waals surface area (Å²) >= 11 is 0. The summed E-state index contributed by atoms with van der Waals surface area (Å²) in [5.74, 6) is 0.565. The quantitative estimate of drug-likeness (QED) is 0.860. The topological polar surface area (TPSA) is 74.0 Å². The highest BCUT2D eigenvalue weighted by Crippen LogP contribution is 2.24. The van der Waals surface area contributed by atoms with Crippen LogP contribution in [0.1, 0.15) is 46.5 Å². The zero-order chi connectivity index (χ0) is 16.2. The van der Waals surface area contributed by atoms with Crippen molar-refractivity contribution in [3.05, 3.63) is 0 Å². The predicted molar refractivity (Wildman–Crippen MR) is 83.4 cm³/mol. The molecule has 0 aromatic rings. The number of nitrogens with zero attached hydrogens (tertiary/aromatic N) is 1. The fourth-order valence-electron chi connectivity index (χ4n) is 2.99. The summed E-state index contributed by atoms with van der Waals surface area (Å²) in [6, 6.07) is 0.0983. The minimum absolute atomic E-state index is 0.0983. The lowest BCUT2D eigenvalue weighted by atomic mass is 9.89. The predicted octanol–water partition coefficient (Wildman–Crippen LogP) is 2.11. The maximum Gasteiger partial charge on any atom is 0.410 e. The molecular formula is C16H30N2O4. The Morgan fingerprint density at radius 3 is 2.36 bits per heavy atom. The number of carbonyl (C=O) groups is 1. The number of hydrogen-bond acceptors (Lipinski definition) is 5. The van der Waals surface area contributed by atoms with Gasteiger partial charge in [0.15, 0.2) is 6.29 Å². The maximum atomic E-state index is 12.0. The van der Waals surface area contributed by atoms with Gasteiger partial charge in [-0.15, -0.1) is 0 Å². The third kappa shape index (κ3) is 5.74.